The van der Waals surface area contributed by atoms with E-state index in [1.165, 1.54) is 112 Å². The second kappa shape index (κ2) is 10.7. The highest BCUT2D eigenvalue weighted by Gasteiger charge is 2.51. The molecule has 6 atom stereocenters. The summed E-state index contributed by atoms with van der Waals surface area (Å²) in [6.45, 7) is 2.60. The molecule has 0 N–H and O–H groups in total. The molecule has 4 saturated heterocycles. The van der Waals surface area contributed by atoms with Gasteiger partial charge in [-0.25, -0.2) is 0 Å². The Hall–Kier alpha value is -0.740. The van der Waals surface area contributed by atoms with Crippen molar-refractivity contribution in [2.24, 2.45) is 0 Å². The summed E-state index contributed by atoms with van der Waals surface area (Å²) in [6, 6.07) is 2.55. The van der Waals surface area contributed by atoms with Gasteiger partial charge in [0, 0.05) is 25.7 Å². The minimum atomic E-state index is 0.527. The van der Waals surface area contributed by atoms with Crippen LogP contribution in [0.3, 0.4) is 0 Å². The predicted molar refractivity (Wildman–Crippen MR) is 130 cm³/mol. The zero-order valence-electron chi connectivity index (χ0n) is 21.2. The van der Waals surface area contributed by atoms with Gasteiger partial charge in [-0.05, 0) is 25.7 Å². The van der Waals surface area contributed by atoms with E-state index in [0.29, 0.717) is 35.7 Å². The van der Waals surface area contributed by atoms with Crippen LogP contribution in [0.2, 0.25) is 0 Å². The third kappa shape index (κ3) is 5.32. The van der Waals surface area contributed by atoms with Crippen LogP contribution in [0.4, 0.5) is 0 Å². The Bertz CT molecular complexity index is 572. The molecule has 0 aromatic carbocycles. The van der Waals surface area contributed by atoms with Gasteiger partial charge in [0.25, 0.3) is 0 Å². The summed E-state index contributed by atoms with van der Waals surface area (Å²) in [5.74, 6) is 1.05. The SMILES string of the molecule is C[N+]1(CCCCCCCCCCCC[N+]2(C)[C@@H]3CC[C@H]2CC(=O)C3)[C@@H]2CC[C@H]1CC(=O)C2. The number of hydrogen-bond acceptors (Lipinski definition) is 2. The molecule has 0 aromatic heterocycles. The minimum absolute atomic E-state index is 0.527. The second-order valence-corrected chi connectivity index (χ2v) is 12.3. The Morgan fingerprint density at radius 1 is 0.500 bits per heavy atom. The summed E-state index contributed by atoms with van der Waals surface area (Å²) >= 11 is 0. The molecule has 182 valence electrons. The van der Waals surface area contributed by atoms with Crippen LogP contribution in [-0.2, 0) is 9.59 Å². The third-order valence-electron chi connectivity index (χ3n) is 10.4. The quantitative estimate of drug-likeness (QED) is 0.274. The molecule has 0 spiro atoms. The number of nitrogens with zero attached hydrogens (tertiary/aromatic N) is 2. The van der Waals surface area contributed by atoms with E-state index in [0.717, 1.165) is 25.7 Å². The summed E-state index contributed by atoms with van der Waals surface area (Å²) in [4.78, 5) is 23.8. The van der Waals surface area contributed by atoms with Gasteiger partial charge in [-0.3, -0.25) is 9.59 Å². The largest absolute Gasteiger partial charge is 0.320 e. The van der Waals surface area contributed by atoms with Crippen LogP contribution < -0.4 is 0 Å². The van der Waals surface area contributed by atoms with Crippen molar-refractivity contribution in [1.82, 2.24) is 0 Å². The summed E-state index contributed by atoms with van der Waals surface area (Å²) in [5, 5.41) is 0. The first kappa shape index (κ1) is 24.4. The fourth-order valence-corrected chi connectivity index (χ4v) is 8.06. The number of hydrogen-bond donors (Lipinski definition) is 0. The van der Waals surface area contributed by atoms with Crippen molar-refractivity contribution in [3.05, 3.63) is 0 Å². The molecular formula is C28H50N2O2+2. The molecule has 4 heterocycles. The first-order valence-corrected chi connectivity index (χ1v) is 14.1. The molecule has 4 fully saturated rings. The van der Waals surface area contributed by atoms with Gasteiger partial charge in [-0.2, -0.15) is 0 Å². The highest BCUT2D eigenvalue weighted by Crippen LogP contribution is 2.41. The van der Waals surface area contributed by atoms with Crippen molar-refractivity contribution >= 4 is 11.6 Å². The van der Waals surface area contributed by atoms with E-state index in [-0.39, 0.29) is 0 Å². The molecule has 0 aromatic rings. The number of fused-ring (bicyclic) bond motifs is 4. The topological polar surface area (TPSA) is 34.1 Å². The Kier molecular flexibility index (Phi) is 8.14. The molecular weight excluding hydrogens is 396 g/mol. The molecule has 4 aliphatic rings. The fraction of sp³-hybridized carbons (Fsp3) is 0.929. The fourth-order valence-electron chi connectivity index (χ4n) is 8.06. The van der Waals surface area contributed by atoms with Crippen molar-refractivity contribution in [3.8, 4) is 0 Å². The average Bonchev–Trinajstić information content (AvgIpc) is 3.02. The monoisotopic (exact) mass is 446 g/mol. The number of rotatable bonds is 13. The van der Waals surface area contributed by atoms with Gasteiger partial charge in [-0.15, -0.1) is 0 Å². The predicted octanol–water partition coefficient (Wildman–Crippen LogP) is 5.57. The number of unbranched alkanes of at least 4 members (excludes halogenated alkanes) is 9. The molecule has 4 aliphatic heterocycles. The van der Waals surface area contributed by atoms with Crippen LogP contribution in [0.25, 0.3) is 0 Å². The van der Waals surface area contributed by atoms with E-state index >= 15 is 0 Å². The lowest BCUT2D eigenvalue weighted by atomic mass is 9.97. The highest BCUT2D eigenvalue weighted by atomic mass is 16.1. The highest BCUT2D eigenvalue weighted by molar-refractivity contribution is 5.80. The van der Waals surface area contributed by atoms with Crippen LogP contribution in [-0.4, -0.2) is 71.9 Å². The smallest absolute Gasteiger partial charge is 0.144 e. The number of piperidine rings is 2. The van der Waals surface area contributed by atoms with Gasteiger partial charge in [0.2, 0.25) is 0 Å². The number of quaternary nitrogens is 2. The lowest BCUT2D eigenvalue weighted by Crippen LogP contribution is -2.58. The lowest BCUT2D eigenvalue weighted by Gasteiger charge is -2.44. The summed E-state index contributed by atoms with van der Waals surface area (Å²) in [7, 11) is 4.87. The van der Waals surface area contributed by atoms with Crippen LogP contribution in [0.1, 0.15) is 116 Å². The number of ketones is 2. The van der Waals surface area contributed by atoms with Crippen molar-refractivity contribution in [3.63, 3.8) is 0 Å². The first-order valence-electron chi connectivity index (χ1n) is 14.1. The van der Waals surface area contributed by atoms with E-state index in [9.17, 15) is 9.59 Å². The summed E-state index contributed by atoms with van der Waals surface area (Å²) < 4.78 is 2.42. The Labute approximate surface area is 197 Å². The van der Waals surface area contributed by atoms with Gasteiger partial charge >= 0.3 is 0 Å². The Morgan fingerprint density at radius 2 is 0.750 bits per heavy atom. The van der Waals surface area contributed by atoms with Crippen molar-refractivity contribution in [2.45, 2.75) is 140 Å². The number of carbonyl (C=O) groups excluding carboxylic acids is 2. The molecule has 0 aliphatic carbocycles. The van der Waals surface area contributed by atoms with Crippen LogP contribution >= 0.6 is 0 Å². The minimum Gasteiger partial charge on any atom is -0.320 e. The van der Waals surface area contributed by atoms with Gasteiger partial charge in [0.15, 0.2) is 0 Å². The second-order valence-electron chi connectivity index (χ2n) is 12.3. The maximum Gasteiger partial charge on any atom is 0.144 e. The number of carbonyl (C=O) groups is 2. The van der Waals surface area contributed by atoms with Crippen molar-refractivity contribution in [1.29, 1.82) is 0 Å². The Balaban J connectivity index is 0.978. The zero-order valence-corrected chi connectivity index (χ0v) is 21.2. The summed E-state index contributed by atoms with van der Waals surface area (Å²) in [5.41, 5.74) is 0. The molecule has 0 saturated carbocycles. The lowest BCUT2D eigenvalue weighted by molar-refractivity contribution is -0.945. The van der Waals surface area contributed by atoms with E-state index < -0.39 is 0 Å². The molecule has 4 bridgehead atoms. The van der Waals surface area contributed by atoms with Crippen LogP contribution in [0.15, 0.2) is 0 Å². The van der Waals surface area contributed by atoms with E-state index in [2.05, 4.69) is 14.1 Å². The molecule has 32 heavy (non-hydrogen) atoms. The van der Waals surface area contributed by atoms with E-state index in [4.69, 9.17) is 0 Å². The number of Topliss-reactive ketones (excluding diaryl/α,β-unsaturated/α-hetero) is 2. The standard InChI is InChI=1S/C28H50N2O2/c1-29(23-13-14-24(29)20-27(31)19-23)17-11-9-7-5-3-4-6-8-10-12-18-30(2)25-15-16-26(30)22-28(32)21-25/h23-26H,3-22H2,1-2H3/q+2/t23-,24+,25-,26+,29?,30?. The van der Waals surface area contributed by atoms with Gasteiger partial charge in [0.05, 0.1) is 77.0 Å². The van der Waals surface area contributed by atoms with Crippen molar-refractivity contribution < 1.29 is 18.6 Å². The van der Waals surface area contributed by atoms with Gasteiger partial charge < -0.3 is 8.97 Å². The van der Waals surface area contributed by atoms with Gasteiger partial charge in [0.1, 0.15) is 11.6 Å². The molecule has 4 nitrogen and oxygen atoms in total. The Morgan fingerprint density at radius 3 is 1.03 bits per heavy atom. The third-order valence-corrected chi connectivity index (χ3v) is 10.4. The summed E-state index contributed by atoms with van der Waals surface area (Å²) in [6.07, 6.45) is 22.4. The van der Waals surface area contributed by atoms with Crippen LogP contribution in [0, 0.1) is 0 Å². The van der Waals surface area contributed by atoms with E-state index in [1.807, 2.05) is 0 Å². The van der Waals surface area contributed by atoms with Gasteiger partial charge in [-0.1, -0.05) is 38.5 Å². The molecule has 4 heteroatoms. The van der Waals surface area contributed by atoms with E-state index in [1.54, 1.807) is 0 Å². The van der Waals surface area contributed by atoms with Crippen molar-refractivity contribution in [2.75, 3.05) is 27.2 Å². The molecule has 2 unspecified atom stereocenters. The molecule has 0 amide bonds. The normalized spacial score (nSPS) is 38.6. The average molecular weight is 447 g/mol. The maximum absolute atomic E-state index is 11.9. The first-order chi connectivity index (χ1) is 15.4. The molecule has 0 radical (unpaired) electrons. The zero-order chi connectivity index (χ0) is 22.6. The maximum atomic E-state index is 11.9. The van der Waals surface area contributed by atoms with Crippen LogP contribution in [0.5, 0.6) is 0 Å². The molecule has 4 rings (SSSR count).